The van der Waals surface area contributed by atoms with Crippen molar-refractivity contribution in [2.75, 3.05) is 6.61 Å². The van der Waals surface area contributed by atoms with Gasteiger partial charge in [-0.1, -0.05) is 13.0 Å². The van der Waals surface area contributed by atoms with Gasteiger partial charge in [-0.25, -0.2) is 4.98 Å². The van der Waals surface area contributed by atoms with Gasteiger partial charge in [0.25, 0.3) is 5.56 Å². The zero-order chi connectivity index (χ0) is 18.3. The highest BCUT2D eigenvalue weighted by Gasteiger charge is 2.23. The molecule has 5 heteroatoms. The molecule has 0 bridgehead atoms. The van der Waals surface area contributed by atoms with Crippen LogP contribution in [0.5, 0.6) is 5.75 Å². The highest BCUT2D eigenvalue weighted by Crippen LogP contribution is 2.35. The fourth-order valence-corrected chi connectivity index (χ4v) is 5.14. The molecule has 0 spiro atoms. The van der Waals surface area contributed by atoms with Gasteiger partial charge in [0, 0.05) is 4.88 Å². The van der Waals surface area contributed by atoms with Gasteiger partial charge in [-0.05, 0) is 67.9 Å². The Hall–Kier alpha value is -2.14. The Labute approximate surface area is 157 Å². The van der Waals surface area contributed by atoms with Crippen LogP contribution in [-0.4, -0.2) is 16.2 Å². The molecule has 4 rings (SSSR count). The molecule has 136 valence electrons. The summed E-state index contributed by atoms with van der Waals surface area (Å²) < 4.78 is 7.55. The number of aromatic nitrogens is 2. The molecule has 0 saturated heterocycles. The average Bonchev–Trinajstić information content (AvgIpc) is 2.94. The zero-order valence-corrected chi connectivity index (χ0v) is 16.4. The van der Waals surface area contributed by atoms with Crippen molar-refractivity contribution in [2.24, 2.45) is 5.92 Å². The van der Waals surface area contributed by atoms with E-state index in [4.69, 9.17) is 4.74 Å². The van der Waals surface area contributed by atoms with E-state index in [-0.39, 0.29) is 5.56 Å². The molecule has 1 aliphatic carbocycles. The van der Waals surface area contributed by atoms with Crippen LogP contribution in [-0.2, 0) is 19.4 Å². The molecule has 0 fully saturated rings. The third kappa shape index (κ3) is 3.28. The average molecular weight is 369 g/mol. The zero-order valence-electron chi connectivity index (χ0n) is 15.5. The number of aryl methyl sites for hydroxylation is 3. The quantitative estimate of drug-likeness (QED) is 0.690. The lowest BCUT2D eigenvalue weighted by atomic mass is 9.89. The molecule has 0 amide bonds. The highest BCUT2D eigenvalue weighted by atomic mass is 32.1. The Morgan fingerprint density at radius 1 is 1.27 bits per heavy atom. The molecule has 3 aromatic rings. The molecule has 4 nitrogen and oxygen atoms in total. The van der Waals surface area contributed by atoms with Gasteiger partial charge in [0.1, 0.15) is 17.2 Å². The van der Waals surface area contributed by atoms with Gasteiger partial charge in [0.15, 0.2) is 0 Å². The number of benzene rings is 1. The van der Waals surface area contributed by atoms with Crippen molar-refractivity contribution in [1.82, 2.24) is 9.55 Å². The second-order valence-electron chi connectivity index (χ2n) is 7.45. The first-order valence-corrected chi connectivity index (χ1v) is 10.0. The Bertz CT molecular complexity index is 999. The Morgan fingerprint density at radius 2 is 2.04 bits per heavy atom. The van der Waals surface area contributed by atoms with Crippen molar-refractivity contribution in [3.05, 3.63) is 56.4 Å². The van der Waals surface area contributed by atoms with Gasteiger partial charge < -0.3 is 4.74 Å². The lowest BCUT2D eigenvalue weighted by molar-refractivity contribution is 0.295. The van der Waals surface area contributed by atoms with Crippen molar-refractivity contribution < 1.29 is 4.74 Å². The summed E-state index contributed by atoms with van der Waals surface area (Å²) in [6.07, 6.45) is 4.89. The first kappa shape index (κ1) is 17.3. The molecule has 0 N–H and O–H groups in total. The normalized spacial score (nSPS) is 16.7. The molecule has 0 unspecified atom stereocenters. The summed E-state index contributed by atoms with van der Waals surface area (Å²) in [4.78, 5) is 19.8. The van der Waals surface area contributed by atoms with Gasteiger partial charge in [0.2, 0.25) is 0 Å². The third-order valence-electron chi connectivity index (χ3n) is 5.08. The summed E-state index contributed by atoms with van der Waals surface area (Å²) in [5, 5.41) is 0.839. The van der Waals surface area contributed by atoms with Gasteiger partial charge >= 0.3 is 0 Å². The maximum atomic E-state index is 13.0. The second-order valence-corrected chi connectivity index (χ2v) is 8.53. The van der Waals surface area contributed by atoms with Gasteiger partial charge in [-0.2, -0.15) is 0 Å². The first-order chi connectivity index (χ1) is 12.5. The summed E-state index contributed by atoms with van der Waals surface area (Å²) in [5.74, 6) is 1.55. The van der Waals surface area contributed by atoms with Crippen LogP contribution in [0, 0.1) is 19.8 Å². The van der Waals surface area contributed by atoms with Gasteiger partial charge in [-0.3, -0.25) is 9.36 Å². The SMILES string of the molecule is Cc1cc(C)cc(OCCn2cnc3sc4c(c3c2=O)CC[C@H](C)C4)c1. The predicted octanol–water partition coefficient (Wildman–Crippen LogP) is 4.28. The number of ether oxygens (including phenoxy) is 1. The van der Waals surface area contributed by atoms with E-state index in [1.807, 2.05) is 12.1 Å². The maximum absolute atomic E-state index is 13.0. The number of hydrogen-bond donors (Lipinski definition) is 0. The van der Waals surface area contributed by atoms with E-state index in [1.165, 1.54) is 21.6 Å². The van der Waals surface area contributed by atoms with Crippen molar-refractivity contribution in [2.45, 2.75) is 46.6 Å². The summed E-state index contributed by atoms with van der Waals surface area (Å²) in [6.45, 7) is 7.37. The van der Waals surface area contributed by atoms with E-state index in [2.05, 4.69) is 31.8 Å². The largest absolute Gasteiger partial charge is 0.492 e. The second kappa shape index (κ2) is 6.88. The predicted molar refractivity (Wildman–Crippen MR) is 106 cm³/mol. The van der Waals surface area contributed by atoms with Crippen LogP contribution in [0.1, 0.15) is 34.9 Å². The van der Waals surface area contributed by atoms with E-state index in [9.17, 15) is 4.79 Å². The fourth-order valence-electron chi connectivity index (χ4n) is 3.80. The lowest BCUT2D eigenvalue weighted by Gasteiger charge is -2.17. The van der Waals surface area contributed by atoms with Gasteiger partial charge in [0.05, 0.1) is 18.3 Å². The lowest BCUT2D eigenvalue weighted by Crippen LogP contribution is -2.24. The minimum absolute atomic E-state index is 0.0751. The van der Waals surface area contributed by atoms with Crippen LogP contribution in [0.4, 0.5) is 0 Å². The number of rotatable bonds is 4. The van der Waals surface area contributed by atoms with Crippen molar-refractivity contribution in [3.8, 4) is 5.75 Å². The van der Waals surface area contributed by atoms with Crippen LogP contribution in [0.25, 0.3) is 10.2 Å². The molecule has 0 radical (unpaired) electrons. The maximum Gasteiger partial charge on any atom is 0.262 e. The summed E-state index contributed by atoms with van der Waals surface area (Å²) in [7, 11) is 0. The smallest absolute Gasteiger partial charge is 0.262 e. The number of fused-ring (bicyclic) bond motifs is 3. The summed E-state index contributed by atoms with van der Waals surface area (Å²) >= 11 is 1.69. The minimum atomic E-state index is 0.0751. The highest BCUT2D eigenvalue weighted by molar-refractivity contribution is 7.18. The number of nitrogens with zero attached hydrogens (tertiary/aromatic N) is 2. The van der Waals surface area contributed by atoms with Crippen LogP contribution in [0.3, 0.4) is 0 Å². The Balaban J connectivity index is 1.55. The molecule has 1 atom stereocenters. The molecule has 26 heavy (non-hydrogen) atoms. The molecule has 2 heterocycles. The molecular formula is C21H24N2O2S. The van der Waals surface area contributed by atoms with Crippen molar-refractivity contribution in [1.29, 1.82) is 0 Å². The van der Waals surface area contributed by atoms with E-state index in [0.717, 1.165) is 35.2 Å². The van der Waals surface area contributed by atoms with Crippen LogP contribution in [0.2, 0.25) is 0 Å². The fraction of sp³-hybridized carbons (Fsp3) is 0.429. The number of thiophene rings is 1. The topological polar surface area (TPSA) is 44.1 Å². The standard InChI is InChI=1S/C21H24N2O2S/c1-13-4-5-17-18(11-13)26-20-19(17)21(24)23(12-22-20)6-7-25-16-9-14(2)8-15(3)10-16/h8-10,12-13H,4-7,11H2,1-3H3/t13-/m0/s1. The van der Waals surface area contributed by atoms with Crippen molar-refractivity contribution >= 4 is 21.6 Å². The minimum Gasteiger partial charge on any atom is -0.492 e. The molecular weight excluding hydrogens is 344 g/mol. The Morgan fingerprint density at radius 3 is 2.81 bits per heavy atom. The van der Waals surface area contributed by atoms with Crippen molar-refractivity contribution in [3.63, 3.8) is 0 Å². The Kier molecular flexibility index (Phi) is 4.57. The van der Waals surface area contributed by atoms with Gasteiger partial charge in [-0.15, -0.1) is 11.3 Å². The van der Waals surface area contributed by atoms with Crippen LogP contribution >= 0.6 is 11.3 Å². The molecule has 0 saturated carbocycles. The molecule has 1 aliphatic rings. The third-order valence-corrected chi connectivity index (χ3v) is 6.24. The van der Waals surface area contributed by atoms with E-state index >= 15 is 0 Å². The summed E-state index contributed by atoms with van der Waals surface area (Å²) in [5.41, 5.74) is 3.68. The van der Waals surface area contributed by atoms with E-state index in [0.29, 0.717) is 19.1 Å². The van der Waals surface area contributed by atoms with E-state index in [1.54, 1.807) is 22.2 Å². The van der Waals surface area contributed by atoms with E-state index < -0.39 is 0 Å². The first-order valence-electron chi connectivity index (χ1n) is 9.22. The summed E-state index contributed by atoms with van der Waals surface area (Å²) in [6, 6.07) is 6.16. The molecule has 2 aromatic heterocycles. The molecule has 1 aromatic carbocycles. The number of hydrogen-bond acceptors (Lipinski definition) is 4. The van der Waals surface area contributed by atoms with Crippen LogP contribution in [0.15, 0.2) is 29.3 Å². The van der Waals surface area contributed by atoms with Crippen LogP contribution < -0.4 is 10.3 Å². The molecule has 0 aliphatic heterocycles. The monoisotopic (exact) mass is 368 g/mol.